The minimum Gasteiger partial charge on any atom is -0.444 e. The van der Waals surface area contributed by atoms with E-state index in [2.05, 4.69) is 5.32 Å². The highest BCUT2D eigenvalue weighted by Crippen LogP contribution is 2.29. The summed E-state index contributed by atoms with van der Waals surface area (Å²) in [7, 11) is 0. The SMILES string of the molecule is CC(C)(C)OC(=O)NC(COCC1CC1)C1OC(C)(C)OC1=O. The van der Waals surface area contributed by atoms with Crippen LogP contribution in [0.3, 0.4) is 0 Å². The first-order chi connectivity index (χ1) is 10.6. The van der Waals surface area contributed by atoms with Crippen LogP contribution in [0.5, 0.6) is 0 Å². The molecule has 0 radical (unpaired) electrons. The molecule has 132 valence electrons. The van der Waals surface area contributed by atoms with Gasteiger partial charge in [0.15, 0.2) is 6.10 Å². The third-order valence-corrected chi connectivity index (χ3v) is 3.40. The van der Waals surface area contributed by atoms with Gasteiger partial charge in [-0.3, -0.25) is 0 Å². The van der Waals surface area contributed by atoms with Crippen LogP contribution in [0, 0.1) is 5.92 Å². The lowest BCUT2D eigenvalue weighted by Crippen LogP contribution is -2.50. The average Bonchev–Trinajstić information content (AvgIpc) is 3.11. The molecule has 7 nitrogen and oxygen atoms in total. The maximum Gasteiger partial charge on any atom is 0.408 e. The van der Waals surface area contributed by atoms with Crippen molar-refractivity contribution in [2.75, 3.05) is 13.2 Å². The summed E-state index contributed by atoms with van der Waals surface area (Å²) in [5, 5.41) is 2.67. The smallest absolute Gasteiger partial charge is 0.408 e. The van der Waals surface area contributed by atoms with Crippen LogP contribution in [-0.4, -0.2) is 48.8 Å². The summed E-state index contributed by atoms with van der Waals surface area (Å²) in [5.41, 5.74) is -0.625. The number of alkyl carbamates (subject to hydrolysis) is 1. The Morgan fingerprint density at radius 3 is 2.52 bits per heavy atom. The van der Waals surface area contributed by atoms with Gasteiger partial charge in [-0.15, -0.1) is 0 Å². The van der Waals surface area contributed by atoms with Crippen LogP contribution in [0.1, 0.15) is 47.5 Å². The van der Waals surface area contributed by atoms with Gasteiger partial charge in [0.25, 0.3) is 0 Å². The summed E-state index contributed by atoms with van der Waals surface area (Å²) in [6, 6.07) is -0.655. The van der Waals surface area contributed by atoms with Crippen molar-refractivity contribution in [1.82, 2.24) is 5.32 Å². The molecule has 0 aromatic heterocycles. The van der Waals surface area contributed by atoms with Crippen molar-refractivity contribution in [1.29, 1.82) is 0 Å². The first-order valence-electron chi connectivity index (χ1n) is 8.04. The topological polar surface area (TPSA) is 83.1 Å². The standard InChI is InChI=1S/C16H27NO6/c1-15(2,3)23-14(19)17-11(9-20-8-10-6-7-10)12-13(18)22-16(4,5)21-12/h10-12H,6-9H2,1-5H3,(H,17,19). The number of esters is 1. The molecular weight excluding hydrogens is 302 g/mol. The van der Waals surface area contributed by atoms with Crippen molar-refractivity contribution in [3.8, 4) is 0 Å². The molecule has 1 heterocycles. The summed E-state index contributed by atoms with van der Waals surface area (Å²) >= 11 is 0. The van der Waals surface area contributed by atoms with Gasteiger partial charge in [0.05, 0.1) is 12.6 Å². The second-order valence-corrected chi connectivity index (χ2v) is 7.59. The number of carbonyl (C=O) groups is 2. The summed E-state index contributed by atoms with van der Waals surface area (Å²) in [4.78, 5) is 24.0. The number of nitrogens with one attached hydrogen (secondary N) is 1. The first kappa shape index (κ1) is 18.0. The van der Waals surface area contributed by atoms with Crippen molar-refractivity contribution < 1.29 is 28.5 Å². The van der Waals surface area contributed by atoms with E-state index in [9.17, 15) is 9.59 Å². The number of amides is 1. The fourth-order valence-electron chi connectivity index (χ4n) is 2.23. The minimum atomic E-state index is -1.01. The molecule has 2 atom stereocenters. The zero-order valence-corrected chi connectivity index (χ0v) is 14.5. The molecule has 2 aliphatic rings. The quantitative estimate of drug-likeness (QED) is 0.750. The van der Waals surface area contributed by atoms with E-state index in [1.54, 1.807) is 34.6 Å². The normalized spacial score (nSPS) is 24.9. The highest BCUT2D eigenvalue weighted by molar-refractivity contribution is 5.79. The first-order valence-corrected chi connectivity index (χ1v) is 8.04. The summed E-state index contributed by atoms with van der Waals surface area (Å²) in [6.45, 7) is 9.42. The lowest BCUT2D eigenvalue weighted by Gasteiger charge is -2.26. The Labute approximate surface area is 137 Å². The molecular formula is C16H27NO6. The molecule has 1 aliphatic heterocycles. The van der Waals surface area contributed by atoms with E-state index in [0.29, 0.717) is 12.5 Å². The van der Waals surface area contributed by atoms with Gasteiger partial charge < -0.3 is 24.3 Å². The Kier molecular flexibility index (Phi) is 5.20. The third-order valence-electron chi connectivity index (χ3n) is 3.40. The molecule has 2 unspecified atom stereocenters. The molecule has 0 bridgehead atoms. The molecule has 1 N–H and O–H groups in total. The Morgan fingerprint density at radius 1 is 1.39 bits per heavy atom. The van der Waals surface area contributed by atoms with Gasteiger partial charge >= 0.3 is 12.1 Å². The molecule has 0 aromatic carbocycles. The summed E-state index contributed by atoms with van der Waals surface area (Å²) in [5.74, 6) is -0.928. The zero-order chi connectivity index (χ0) is 17.3. The van der Waals surface area contributed by atoms with Crippen LogP contribution >= 0.6 is 0 Å². The van der Waals surface area contributed by atoms with Crippen LogP contribution in [0.4, 0.5) is 4.79 Å². The molecule has 1 saturated heterocycles. The maximum atomic E-state index is 12.0. The van der Waals surface area contributed by atoms with E-state index in [1.807, 2.05) is 0 Å². The fourth-order valence-corrected chi connectivity index (χ4v) is 2.23. The number of cyclic esters (lactones) is 1. The highest BCUT2D eigenvalue weighted by atomic mass is 16.8. The Bertz CT molecular complexity index is 452. The monoisotopic (exact) mass is 329 g/mol. The van der Waals surface area contributed by atoms with Crippen molar-refractivity contribution in [2.24, 2.45) is 5.92 Å². The van der Waals surface area contributed by atoms with Crippen molar-refractivity contribution in [3.63, 3.8) is 0 Å². The van der Waals surface area contributed by atoms with E-state index in [0.717, 1.165) is 0 Å². The van der Waals surface area contributed by atoms with Gasteiger partial charge in [0, 0.05) is 20.5 Å². The van der Waals surface area contributed by atoms with Gasteiger partial charge in [-0.05, 0) is 39.5 Å². The summed E-state index contributed by atoms with van der Waals surface area (Å²) < 4.78 is 21.6. The van der Waals surface area contributed by atoms with Crippen LogP contribution in [0.2, 0.25) is 0 Å². The molecule has 0 spiro atoms. The number of hydrogen-bond donors (Lipinski definition) is 1. The van der Waals surface area contributed by atoms with Crippen LogP contribution in [0.25, 0.3) is 0 Å². The van der Waals surface area contributed by atoms with E-state index in [4.69, 9.17) is 18.9 Å². The highest BCUT2D eigenvalue weighted by Gasteiger charge is 2.46. The molecule has 0 aromatic rings. The van der Waals surface area contributed by atoms with Gasteiger partial charge in [0.2, 0.25) is 5.79 Å². The Hall–Kier alpha value is -1.34. The van der Waals surface area contributed by atoms with Crippen molar-refractivity contribution in [3.05, 3.63) is 0 Å². The van der Waals surface area contributed by atoms with Crippen LogP contribution < -0.4 is 5.32 Å². The molecule has 2 rings (SSSR count). The van der Waals surface area contributed by atoms with Crippen LogP contribution in [-0.2, 0) is 23.7 Å². The third kappa shape index (κ3) is 5.99. The van der Waals surface area contributed by atoms with Gasteiger partial charge in [-0.1, -0.05) is 0 Å². The predicted octanol–water partition coefficient (Wildman–Crippen LogP) is 1.98. The molecule has 7 heteroatoms. The molecule has 1 saturated carbocycles. The molecule has 1 aliphatic carbocycles. The zero-order valence-electron chi connectivity index (χ0n) is 14.5. The van der Waals surface area contributed by atoms with Crippen LogP contribution in [0.15, 0.2) is 0 Å². The minimum absolute atomic E-state index is 0.172. The molecule has 2 fully saturated rings. The van der Waals surface area contributed by atoms with E-state index < -0.39 is 35.6 Å². The van der Waals surface area contributed by atoms with Crippen molar-refractivity contribution >= 4 is 12.1 Å². The lowest BCUT2D eigenvalue weighted by molar-refractivity contribution is -0.161. The predicted molar refractivity (Wildman–Crippen MR) is 81.7 cm³/mol. The van der Waals surface area contributed by atoms with E-state index in [1.165, 1.54) is 12.8 Å². The largest absolute Gasteiger partial charge is 0.444 e. The maximum absolute atomic E-state index is 12.0. The number of hydrogen-bond acceptors (Lipinski definition) is 6. The lowest BCUT2D eigenvalue weighted by atomic mass is 10.1. The molecule has 23 heavy (non-hydrogen) atoms. The fraction of sp³-hybridized carbons (Fsp3) is 0.875. The van der Waals surface area contributed by atoms with Gasteiger partial charge in [0.1, 0.15) is 5.60 Å². The van der Waals surface area contributed by atoms with Crippen molar-refractivity contribution in [2.45, 2.75) is 71.0 Å². The molecule has 1 amide bonds. The summed E-state index contributed by atoms with van der Waals surface area (Å²) in [6.07, 6.45) is 0.813. The second-order valence-electron chi connectivity index (χ2n) is 7.59. The Morgan fingerprint density at radius 2 is 2.04 bits per heavy atom. The second kappa shape index (κ2) is 6.65. The van der Waals surface area contributed by atoms with Gasteiger partial charge in [-0.25, -0.2) is 9.59 Å². The number of carbonyl (C=O) groups excluding carboxylic acids is 2. The van der Waals surface area contributed by atoms with E-state index in [-0.39, 0.29) is 6.61 Å². The van der Waals surface area contributed by atoms with Gasteiger partial charge in [-0.2, -0.15) is 0 Å². The average molecular weight is 329 g/mol. The number of rotatable bonds is 6. The number of ether oxygens (including phenoxy) is 4. The Balaban J connectivity index is 1.95. The van der Waals surface area contributed by atoms with E-state index >= 15 is 0 Å².